The fourth-order valence-corrected chi connectivity index (χ4v) is 1.88. The van der Waals surface area contributed by atoms with Crippen molar-refractivity contribution in [3.8, 4) is 0 Å². The summed E-state index contributed by atoms with van der Waals surface area (Å²) in [4.78, 5) is 18.1. The molecule has 2 rings (SSSR count). The van der Waals surface area contributed by atoms with Crippen LogP contribution in [0.3, 0.4) is 0 Å². The topological polar surface area (TPSA) is 90.2 Å². The average Bonchev–Trinajstić information content (AvgIpc) is 2.57. The lowest BCUT2D eigenvalue weighted by Crippen LogP contribution is -2.41. The molecular formula is C13H20BN3O3. The SMILES string of the molecule is CC1(C)OB(C(=Cc2cnc[nH]c2=O)CN)OC1(C)C. The van der Waals surface area contributed by atoms with Crippen LogP contribution in [-0.4, -0.2) is 34.8 Å². The molecule has 0 aromatic carbocycles. The number of rotatable bonds is 3. The van der Waals surface area contributed by atoms with Gasteiger partial charge in [0.25, 0.3) is 5.56 Å². The Morgan fingerprint density at radius 2 is 2.00 bits per heavy atom. The second-order valence-electron chi connectivity index (χ2n) is 5.85. The number of nitrogens with one attached hydrogen (secondary N) is 1. The molecule has 0 radical (unpaired) electrons. The molecule has 6 nitrogen and oxygen atoms in total. The van der Waals surface area contributed by atoms with E-state index in [0.29, 0.717) is 11.0 Å². The van der Waals surface area contributed by atoms with Crippen molar-refractivity contribution in [1.82, 2.24) is 9.97 Å². The van der Waals surface area contributed by atoms with Crippen molar-refractivity contribution in [2.24, 2.45) is 5.73 Å². The normalized spacial score (nSPS) is 21.2. The van der Waals surface area contributed by atoms with Crippen LogP contribution in [-0.2, 0) is 9.31 Å². The first-order chi connectivity index (χ1) is 9.27. The monoisotopic (exact) mass is 277 g/mol. The van der Waals surface area contributed by atoms with E-state index in [2.05, 4.69) is 9.97 Å². The zero-order valence-corrected chi connectivity index (χ0v) is 12.3. The van der Waals surface area contributed by atoms with Gasteiger partial charge < -0.3 is 20.0 Å². The van der Waals surface area contributed by atoms with Crippen molar-refractivity contribution < 1.29 is 9.31 Å². The number of aromatic nitrogens is 2. The van der Waals surface area contributed by atoms with Crippen LogP contribution < -0.4 is 11.3 Å². The summed E-state index contributed by atoms with van der Waals surface area (Å²) < 4.78 is 11.9. The number of nitrogens with zero attached hydrogens (tertiary/aromatic N) is 1. The van der Waals surface area contributed by atoms with Crippen LogP contribution in [0.1, 0.15) is 33.3 Å². The van der Waals surface area contributed by atoms with E-state index in [0.717, 1.165) is 0 Å². The van der Waals surface area contributed by atoms with Gasteiger partial charge in [-0.1, -0.05) is 6.08 Å². The molecule has 1 aliphatic rings. The molecule has 7 heteroatoms. The highest BCUT2D eigenvalue weighted by Crippen LogP contribution is 2.38. The molecule has 0 saturated carbocycles. The van der Waals surface area contributed by atoms with E-state index >= 15 is 0 Å². The largest absolute Gasteiger partial charge is 0.491 e. The Labute approximate surface area is 118 Å². The first-order valence-electron chi connectivity index (χ1n) is 6.56. The molecule has 2 heterocycles. The molecule has 1 saturated heterocycles. The van der Waals surface area contributed by atoms with E-state index < -0.39 is 18.3 Å². The van der Waals surface area contributed by atoms with Crippen molar-refractivity contribution in [3.63, 3.8) is 0 Å². The van der Waals surface area contributed by atoms with Crippen LogP contribution in [0.4, 0.5) is 0 Å². The van der Waals surface area contributed by atoms with Crippen LogP contribution in [0.2, 0.25) is 0 Å². The summed E-state index contributed by atoms with van der Waals surface area (Å²) >= 11 is 0. The van der Waals surface area contributed by atoms with E-state index in [1.54, 1.807) is 6.08 Å². The molecule has 1 aliphatic heterocycles. The number of hydrogen-bond acceptors (Lipinski definition) is 5. The lowest BCUT2D eigenvalue weighted by molar-refractivity contribution is 0.00578. The standard InChI is InChI=1S/C13H20BN3O3/c1-12(2)13(3,4)20-14(19-12)10(6-15)5-9-7-16-8-17-11(9)18/h5,7-8H,6,15H2,1-4H3,(H,16,17,18). The van der Waals surface area contributed by atoms with E-state index in [9.17, 15) is 4.79 Å². The Morgan fingerprint density at radius 1 is 1.40 bits per heavy atom. The summed E-state index contributed by atoms with van der Waals surface area (Å²) in [6.45, 7) is 8.12. The van der Waals surface area contributed by atoms with Crippen LogP contribution in [0.15, 0.2) is 22.8 Å². The van der Waals surface area contributed by atoms with Gasteiger partial charge in [0.05, 0.1) is 23.1 Å². The van der Waals surface area contributed by atoms with Gasteiger partial charge in [-0.2, -0.15) is 0 Å². The minimum absolute atomic E-state index is 0.220. The molecule has 108 valence electrons. The third kappa shape index (κ3) is 2.70. The maximum absolute atomic E-state index is 11.7. The Morgan fingerprint density at radius 3 is 2.50 bits per heavy atom. The van der Waals surface area contributed by atoms with E-state index in [-0.39, 0.29) is 12.1 Å². The summed E-state index contributed by atoms with van der Waals surface area (Å²) in [5, 5.41) is 0. The Bertz CT molecular complexity index is 564. The fraction of sp³-hybridized carbons (Fsp3) is 0.538. The summed E-state index contributed by atoms with van der Waals surface area (Å²) in [5.41, 5.74) is 5.82. The van der Waals surface area contributed by atoms with Crippen LogP contribution in [0.25, 0.3) is 6.08 Å². The van der Waals surface area contributed by atoms with E-state index in [1.807, 2.05) is 27.7 Å². The zero-order chi connectivity index (χ0) is 15.0. The highest BCUT2D eigenvalue weighted by atomic mass is 16.7. The van der Waals surface area contributed by atoms with Gasteiger partial charge in [0, 0.05) is 12.7 Å². The second-order valence-corrected chi connectivity index (χ2v) is 5.85. The number of H-pyrrole nitrogens is 1. The highest BCUT2D eigenvalue weighted by Gasteiger charge is 2.52. The molecule has 1 fully saturated rings. The summed E-state index contributed by atoms with van der Waals surface area (Å²) in [7, 11) is -0.551. The molecule has 0 unspecified atom stereocenters. The molecule has 0 atom stereocenters. The highest BCUT2D eigenvalue weighted by molar-refractivity contribution is 6.55. The van der Waals surface area contributed by atoms with Gasteiger partial charge in [0.1, 0.15) is 0 Å². The minimum atomic E-state index is -0.551. The second kappa shape index (κ2) is 5.16. The van der Waals surface area contributed by atoms with Crippen molar-refractivity contribution in [1.29, 1.82) is 0 Å². The van der Waals surface area contributed by atoms with Gasteiger partial charge >= 0.3 is 7.12 Å². The van der Waals surface area contributed by atoms with Crippen molar-refractivity contribution >= 4 is 13.2 Å². The van der Waals surface area contributed by atoms with Crippen molar-refractivity contribution in [3.05, 3.63) is 33.9 Å². The smallest absolute Gasteiger partial charge is 0.400 e. The maximum Gasteiger partial charge on any atom is 0.491 e. The molecule has 20 heavy (non-hydrogen) atoms. The molecule has 0 aliphatic carbocycles. The predicted octanol–water partition coefficient (Wildman–Crippen LogP) is 0.743. The first kappa shape index (κ1) is 15.0. The third-order valence-electron chi connectivity index (χ3n) is 3.88. The van der Waals surface area contributed by atoms with Crippen LogP contribution in [0, 0.1) is 0 Å². The zero-order valence-electron chi connectivity index (χ0n) is 12.3. The van der Waals surface area contributed by atoms with Gasteiger partial charge in [0.15, 0.2) is 0 Å². The Balaban J connectivity index is 2.32. The average molecular weight is 277 g/mol. The minimum Gasteiger partial charge on any atom is -0.400 e. The third-order valence-corrected chi connectivity index (χ3v) is 3.88. The van der Waals surface area contributed by atoms with E-state index in [4.69, 9.17) is 15.0 Å². The molecule has 3 N–H and O–H groups in total. The molecule has 1 aromatic rings. The Hall–Kier alpha value is -1.44. The molecule has 0 bridgehead atoms. The van der Waals surface area contributed by atoms with E-state index in [1.165, 1.54) is 12.5 Å². The van der Waals surface area contributed by atoms with Crippen molar-refractivity contribution in [2.75, 3.05) is 6.54 Å². The number of nitrogens with two attached hydrogens (primary N) is 1. The lowest BCUT2D eigenvalue weighted by Gasteiger charge is -2.32. The van der Waals surface area contributed by atoms with Gasteiger partial charge in [-0.3, -0.25) is 4.79 Å². The van der Waals surface area contributed by atoms with Crippen LogP contribution >= 0.6 is 0 Å². The predicted molar refractivity (Wildman–Crippen MR) is 78.0 cm³/mol. The maximum atomic E-state index is 11.7. The molecule has 0 amide bonds. The van der Waals surface area contributed by atoms with Gasteiger partial charge in [-0.15, -0.1) is 0 Å². The summed E-state index contributed by atoms with van der Waals surface area (Å²) in [5.74, 6) is 0. The molecular weight excluding hydrogens is 257 g/mol. The quantitative estimate of drug-likeness (QED) is 0.795. The lowest BCUT2D eigenvalue weighted by atomic mass is 9.77. The Kier molecular flexibility index (Phi) is 3.86. The number of hydrogen-bond donors (Lipinski definition) is 2. The van der Waals surface area contributed by atoms with Gasteiger partial charge in [-0.25, -0.2) is 4.98 Å². The molecule has 1 aromatic heterocycles. The van der Waals surface area contributed by atoms with Crippen LogP contribution in [0.5, 0.6) is 0 Å². The number of aromatic amines is 1. The fourth-order valence-electron chi connectivity index (χ4n) is 1.88. The summed E-state index contributed by atoms with van der Waals surface area (Å²) in [6, 6.07) is 0. The van der Waals surface area contributed by atoms with Gasteiger partial charge in [-0.05, 0) is 33.2 Å². The summed E-state index contributed by atoms with van der Waals surface area (Å²) in [6.07, 6.45) is 4.50. The van der Waals surface area contributed by atoms with Crippen molar-refractivity contribution in [2.45, 2.75) is 38.9 Å². The molecule has 0 spiro atoms. The van der Waals surface area contributed by atoms with Gasteiger partial charge in [0.2, 0.25) is 0 Å². The first-order valence-corrected chi connectivity index (χ1v) is 6.56.